The lowest BCUT2D eigenvalue weighted by Gasteiger charge is -2.28. The van der Waals surface area contributed by atoms with Crippen molar-refractivity contribution in [1.29, 1.82) is 0 Å². The van der Waals surface area contributed by atoms with Crippen LogP contribution < -0.4 is 0 Å². The highest BCUT2D eigenvalue weighted by Crippen LogP contribution is 2.36. The quantitative estimate of drug-likeness (QED) is 0.585. The third kappa shape index (κ3) is 4.82. The minimum atomic E-state index is -0.0795. The molecule has 0 unspecified atom stereocenters. The number of carbonyl (C=O) groups excluding carboxylic acids is 2. The van der Waals surface area contributed by atoms with Gasteiger partial charge in [-0.2, -0.15) is 0 Å². The molecule has 0 spiro atoms. The lowest BCUT2D eigenvalue weighted by molar-refractivity contribution is -0.124. The summed E-state index contributed by atoms with van der Waals surface area (Å²) < 4.78 is 0. The number of hydrogen-bond acceptors (Lipinski definition) is 2. The fourth-order valence-electron chi connectivity index (χ4n) is 3.93. The van der Waals surface area contributed by atoms with Gasteiger partial charge in [0.15, 0.2) is 5.78 Å². The minimum Gasteiger partial charge on any atom is -0.299 e. The molecule has 0 aromatic heterocycles. The summed E-state index contributed by atoms with van der Waals surface area (Å²) in [4.78, 5) is 25.7. The van der Waals surface area contributed by atoms with Crippen LogP contribution in [-0.2, 0) is 4.79 Å². The van der Waals surface area contributed by atoms with Gasteiger partial charge >= 0.3 is 0 Å². The number of rotatable bonds is 5. The van der Waals surface area contributed by atoms with Crippen LogP contribution in [0.4, 0.5) is 0 Å². The van der Waals surface area contributed by atoms with Crippen molar-refractivity contribution in [3.8, 4) is 0 Å². The van der Waals surface area contributed by atoms with E-state index >= 15 is 0 Å². The molecule has 136 valence electrons. The van der Waals surface area contributed by atoms with Gasteiger partial charge in [0.25, 0.3) is 0 Å². The summed E-state index contributed by atoms with van der Waals surface area (Å²) in [5.41, 5.74) is 1.75. The molecule has 1 saturated carbocycles. The molecule has 1 fully saturated rings. The van der Waals surface area contributed by atoms with E-state index in [0.717, 1.165) is 31.2 Å². The topological polar surface area (TPSA) is 34.1 Å². The number of halogens is 1. The Bertz CT molecular complexity index is 737. The van der Waals surface area contributed by atoms with Crippen LogP contribution in [0.25, 0.3) is 0 Å². The molecular weight excluding hydrogens is 344 g/mol. The maximum absolute atomic E-state index is 12.9. The highest BCUT2D eigenvalue weighted by molar-refractivity contribution is 6.30. The maximum Gasteiger partial charge on any atom is 0.163 e. The molecule has 2 atom stereocenters. The normalized spacial score (nSPS) is 19.4. The molecule has 0 N–H and O–H groups in total. The predicted octanol–water partition coefficient (Wildman–Crippen LogP) is 6.24. The van der Waals surface area contributed by atoms with Crippen molar-refractivity contribution in [2.24, 2.45) is 5.92 Å². The van der Waals surface area contributed by atoms with E-state index in [4.69, 9.17) is 11.6 Å². The predicted molar refractivity (Wildman–Crippen MR) is 106 cm³/mol. The monoisotopic (exact) mass is 368 g/mol. The Morgan fingerprint density at radius 1 is 0.962 bits per heavy atom. The number of hydrogen-bond donors (Lipinski definition) is 0. The summed E-state index contributed by atoms with van der Waals surface area (Å²) in [6, 6.07) is 17.0. The second-order valence-electron chi connectivity index (χ2n) is 7.18. The Morgan fingerprint density at radius 2 is 1.65 bits per heavy atom. The largest absolute Gasteiger partial charge is 0.299 e. The van der Waals surface area contributed by atoms with Crippen molar-refractivity contribution in [1.82, 2.24) is 0 Å². The summed E-state index contributed by atoms with van der Waals surface area (Å²) in [6.07, 6.45) is 6.19. The first kappa shape index (κ1) is 18.8. The molecule has 2 nitrogen and oxygen atoms in total. The molecule has 26 heavy (non-hydrogen) atoms. The zero-order valence-electron chi connectivity index (χ0n) is 15.0. The standard InChI is InChI=1S/C23H25ClO2/c24-19-14-12-17(13-15-19)21(16-23(26)18-8-4-3-5-9-18)20-10-6-1-2-7-11-22(20)25/h3-5,8-9,12-15,20-21H,1-2,6-7,10-11,16H2/t20-,21-/m0/s1. The van der Waals surface area contributed by atoms with Gasteiger partial charge in [0, 0.05) is 35.3 Å². The summed E-state index contributed by atoms with van der Waals surface area (Å²) >= 11 is 6.05. The van der Waals surface area contributed by atoms with Gasteiger partial charge in [-0.3, -0.25) is 9.59 Å². The highest BCUT2D eigenvalue weighted by atomic mass is 35.5. The Hall–Kier alpha value is -1.93. The van der Waals surface area contributed by atoms with Crippen LogP contribution in [-0.4, -0.2) is 11.6 Å². The van der Waals surface area contributed by atoms with Crippen LogP contribution in [0.2, 0.25) is 5.02 Å². The molecular formula is C23H25ClO2. The second-order valence-corrected chi connectivity index (χ2v) is 7.61. The summed E-state index contributed by atoms with van der Waals surface area (Å²) in [7, 11) is 0. The number of ketones is 2. The molecule has 3 rings (SSSR count). The number of Topliss-reactive ketones (excluding diaryl/α,β-unsaturated/α-hetero) is 2. The molecule has 2 aromatic carbocycles. The molecule has 1 aliphatic rings. The molecule has 2 aromatic rings. The van der Waals surface area contributed by atoms with E-state index in [2.05, 4.69) is 0 Å². The molecule has 0 heterocycles. The van der Waals surface area contributed by atoms with Gasteiger partial charge in [0.2, 0.25) is 0 Å². The Balaban J connectivity index is 1.89. The van der Waals surface area contributed by atoms with Crippen molar-refractivity contribution in [3.63, 3.8) is 0 Å². The first-order valence-electron chi connectivity index (χ1n) is 9.51. The van der Waals surface area contributed by atoms with Crippen LogP contribution in [0.15, 0.2) is 54.6 Å². The number of benzene rings is 2. The van der Waals surface area contributed by atoms with Crippen LogP contribution in [0.1, 0.15) is 66.8 Å². The first-order chi connectivity index (χ1) is 12.6. The molecule has 0 bridgehead atoms. The van der Waals surface area contributed by atoms with E-state index in [-0.39, 0.29) is 17.6 Å². The lowest BCUT2D eigenvalue weighted by Crippen LogP contribution is -2.26. The van der Waals surface area contributed by atoms with E-state index in [1.807, 2.05) is 54.6 Å². The summed E-state index contributed by atoms with van der Waals surface area (Å²) in [6.45, 7) is 0. The summed E-state index contributed by atoms with van der Waals surface area (Å²) in [5, 5.41) is 0.672. The fraction of sp³-hybridized carbons (Fsp3) is 0.391. The minimum absolute atomic E-state index is 0.0782. The van der Waals surface area contributed by atoms with Gasteiger partial charge in [-0.15, -0.1) is 0 Å². The van der Waals surface area contributed by atoms with E-state index < -0.39 is 0 Å². The van der Waals surface area contributed by atoms with Gasteiger partial charge in [-0.25, -0.2) is 0 Å². The van der Waals surface area contributed by atoms with E-state index in [0.29, 0.717) is 29.2 Å². The van der Waals surface area contributed by atoms with Crippen molar-refractivity contribution in [2.75, 3.05) is 0 Å². The van der Waals surface area contributed by atoms with Crippen LogP contribution in [0.3, 0.4) is 0 Å². The lowest BCUT2D eigenvalue weighted by atomic mass is 9.75. The van der Waals surface area contributed by atoms with Crippen molar-refractivity contribution >= 4 is 23.2 Å². The van der Waals surface area contributed by atoms with Gasteiger partial charge in [-0.05, 0) is 30.5 Å². The average molecular weight is 369 g/mol. The van der Waals surface area contributed by atoms with E-state index in [1.54, 1.807) is 0 Å². The zero-order chi connectivity index (χ0) is 18.4. The van der Waals surface area contributed by atoms with Crippen molar-refractivity contribution < 1.29 is 9.59 Å². The van der Waals surface area contributed by atoms with Crippen LogP contribution in [0, 0.1) is 5.92 Å². The van der Waals surface area contributed by atoms with Crippen molar-refractivity contribution in [2.45, 2.75) is 50.9 Å². The Morgan fingerprint density at radius 3 is 2.38 bits per heavy atom. The third-order valence-corrected chi connectivity index (χ3v) is 5.64. The van der Waals surface area contributed by atoms with Crippen LogP contribution in [0.5, 0.6) is 0 Å². The second kappa shape index (κ2) is 9.14. The molecule has 1 aliphatic carbocycles. The van der Waals surface area contributed by atoms with Gasteiger partial charge in [0.05, 0.1) is 0 Å². The van der Waals surface area contributed by atoms with Gasteiger partial charge in [-0.1, -0.05) is 73.3 Å². The smallest absolute Gasteiger partial charge is 0.163 e. The number of carbonyl (C=O) groups is 2. The van der Waals surface area contributed by atoms with Crippen LogP contribution >= 0.6 is 11.6 Å². The third-order valence-electron chi connectivity index (χ3n) is 5.39. The Labute approximate surface area is 160 Å². The van der Waals surface area contributed by atoms with Gasteiger partial charge < -0.3 is 0 Å². The fourth-order valence-corrected chi connectivity index (χ4v) is 4.06. The molecule has 0 amide bonds. The van der Waals surface area contributed by atoms with Gasteiger partial charge in [0.1, 0.15) is 5.78 Å². The molecule has 0 saturated heterocycles. The maximum atomic E-state index is 12.9. The molecule has 3 heteroatoms. The highest BCUT2D eigenvalue weighted by Gasteiger charge is 2.31. The molecule has 0 radical (unpaired) electrons. The average Bonchev–Trinajstić information content (AvgIpc) is 2.65. The van der Waals surface area contributed by atoms with Crippen molar-refractivity contribution in [3.05, 3.63) is 70.7 Å². The van der Waals surface area contributed by atoms with E-state index in [9.17, 15) is 9.59 Å². The molecule has 0 aliphatic heterocycles. The summed E-state index contributed by atoms with van der Waals surface area (Å²) in [5.74, 6) is 0.251. The first-order valence-corrected chi connectivity index (χ1v) is 9.89. The van der Waals surface area contributed by atoms with E-state index in [1.165, 1.54) is 6.42 Å². The zero-order valence-corrected chi connectivity index (χ0v) is 15.8. The SMILES string of the molecule is O=C(C[C@@H](c1ccc(Cl)cc1)[C@@H]1CCCCCCC1=O)c1ccccc1. The Kier molecular flexibility index (Phi) is 6.62.